The van der Waals surface area contributed by atoms with Crippen LogP contribution in [-0.2, 0) is 6.54 Å². The summed E-state index contributed by atoms with van der Waals surface area (Å²) in [7, 11) is 0. The Labute approximate surface area is 179 Å². The van der Waals surface area contributed by atoms with Gasteiger partial charge >= 0.3 is 0 Å². The molecule has 1 amide bonds. The number of carbonyl (C=O) groups excluding carboxylic acids is 1. The van der Waals surface area contributed by atoms with E-state index < -0.39 is 0 Å². The lowest BCUT2D eigenvalue weighted by molar-refractivity contribution is -0.914. The Kier molecular flexibility index (Phi) is 6.15. The Balaban J connectivity index is 1.31. The van der Waals surface area contributed by atoms with Gasteiger partial charge in [-0.3, -0.25) is 4.79 Å². The molecule has 1 saturated heterocycles. The number of aryl methyl sites for hydroxylation is 1. The number of piperazine rings is 1. The number of carbonyl (C=O) groups is 1. The van der Waals surface area contributed by atoms with Crippen molar-refractivity contribution in [1.82, 2.24) is 0 Å². The summed E-state index contributed by atoms with van der Waals surface area (Å²) >= 11 is 0. The van der Waals surface area contributed by atoms with E-state index in [0.29, 0.717) is 5.56 Å². The van der Waals surface area contributed by atoms with E-state index in [1.807, 2.05) is 42.5 Å². The maximum Gasteiger partial charge on any atom is 0.255 e. The van der Waals surface area contributed by atoms with Crippen LogP contribution in [0.1, 0.15) is 27.0 Å². The molecule has 1 aliphatic rings. The van der Waals surface area contributed by atoms with Crippen LogP contribution < -0.4 is 15.1 Å². The first-order chi connectivity index (χ1) is 14.6. The first-order valence-electron chi connectivity index (χ1n) is 10.7. The lowest BCUT2D eigenvalue weighted by Gasteiger charge is -2.34. The highest BCUT2D eigenvalue weighted by Crippen LogP contribution is 2.22. The average molecular weight is 401 g/mol. The lowest BCUT2D eigenvalue weighted by atomic mass is 10.1. The molecule has 0 aromatic heterocycles. The Morgan fingerprint density at radius 1 is 0.900 bits per heavy atom. The Morgan fingerprint density at radius 3 is 2.30 bits per heavy atom. The molecule has 4 nitrogen and oxygen atoms in total. The minimum Gasteiger partial charge on any atom is -0.360 e. The third-order valence-corrected chi connectivity index (χ3v) is 6.09. The number of para-hydroxylation sites is 1. The van der Waals surface area contributed by atoms with Crippen molar-refractivity contribution < 1.29 is 9.69 Å². The van der Waals surface area contributed by atoms with Crippen molar-refractivity contribution in [2.24, 2.45) is 0 Å². The molecule has 3 aromatic rings. The zero-order valence-electron chi connectivity index (χ0n) is 17.8. The third-order valence-electron chi connectivity index (χ3n) is 6.09. The van der Waals surface area contributed by atoms with E-state index >= 15 is 0 Å². The summed E-state index contributed by atoms with van der Waals surface area (Å²) in [5.41, 5.74) is 6.92. The molecule has 0 aliphatic carbocycles. The van der Waals surface area contributed by atoms with Crippen LogP contribution in [-0.4, -0.2) is 32.1 Å². The third kappa shape index (κ3) is 4.71. The minimum atomic E-state index is -0.0674. The van der Waals surface area contributed by atoms with Crippen LogP contribution in [0.3, 0.4) is 0 Å². The standard InChI is InChI=1S/C26H29N3O/c1-20-7-6-10-25(21(20)2)29-17-15-28(16-18-29)19-22-11-13-23(14-12-22)26(30)27-24-8-4-3-5-9-24/h3-14H,15-19H2,1-2H3,(H,27,30)/p+1. The second-order valence-electron chi connectivity index (χ2n) is 8.15. The molecule has 0 bridgehead atoms. The highest BCUT2D eigenvalue weighted by atomic mass is 16.1. The number of hydrogen-bond donors (Lipinski definition) is 2. The van der Waals surface area contributed by atoms with Crippen molar-refractivity contribution >= 4 is 17.3 Å². The normalized spacial score (nSPS) is 14.5. The molecule has 2 N–H and O–H groups in total. The van der Waals surface area contributed by atoms with E-state index in [1.54, 1.807) is 4.90 Å². The lowest BCUT2D eigenvalue weighted by Crippen LogP contribution is -3.13. The van der Waals surface area contributed by atoms with Crippen LogP contribution in [0.15, 0.2) is 72.8 Å². The molecule has 0 saturated carbocycles. The van der Waals surface area contributed by atoms with Crippen LogP contribution in [0.5, 0.6) is 0 Å². The van der Waals surface area contributed by atoms with Crippen LogP contribution in [0, 0.1) is 13.8 Å². The van der Waals surface area contributed by atoms with Gasteiger partial charge in [-0.15, -0.1) is 0 Å². The summed E-state index contributed by atoms with van der Waals surface area (Å²) in [6.07, 6.45) is 0. The average Bonchev–Trinajstić information content (AvgIpc) is 2.77. The van der Waals surface area contributed by atoms with Crippen LogP contribution in [0.4, 0.5) is 11.4 Å². The van der Waals surface area contributed by atoms with Gasteiger partial charge in [-0.05, 0) is 55.3 Å². The van der Waals surface area contributed by atoms with Crippen molar-refractivity contribution in [1.29, 1.82) is 0 Å². The molecule has 0 radical (unpaired) electrons. The van der Waals surface area contributed by atoms with Crippen LogP contribution in [0.2, 0.25) is 0 Å². The molecule has 4 heteroatoms. The van der Waals surface area contributed by atoms with E-state index in [4.69, 9.17) is 0 Å². The topological polar surface area (TPSA) is 36.8 Å². The molecule has 4 rings (SSSR count). The predicted molar refractivity (Wildman–Crippen MR) is 123 cm³/mol. The fraction of sp³-hybridized carbons (Fsp3) is 0.269. The van der Waals surface area contributed by atoms with E-state index in [9.17, 15) is 4.79 Å². The zero-order chi connectivity index (χ0) is 20.9. The molecule has 1 fully saturated rings. The smallest absolute Gasteiger partial charge is 0.255 e. The molecule has 30 heavy (non-hydrogen) atoms. The largest absolute Gasteiger partial charge is 0.360 e. The number of amides is 1. The number of nitrogens with zero attached hydrogens (tertiary/aromatic N) is 1. The van der Waals surface area contributed by atoms with Gasteiger partial charge in [0.1, 0.15) is 6.54 Å². The number of quaternary nitrogens is 1. The quantitative estimate of drug-likeness (QED) is 0.688. The van der Waals surface area contributed by atoms with Crippen LogP contribution >= 0.6 is 0 Å². The number of anilines is 2. The summed E-state index contributed by atoms with van der Waals surface area (Å²) in [5, 5.41) is 2.94. The summed E-state index contributed by atoms with van der Waals surface area (Å²) in [6, 6.07) is 24.2. The Bertz CT molecular complexity index is 991. The summed E-state index contributed by atoms with van der Waals surface area (Å²) in [4.78, 5) is 16.5. The number of rotatable bonds is 5. The fourth-order valence-electron chi connectivity index (χ4n) is 4.11. The van der Waals surface area contributed by atoms with E-state index in [-0.39, 0.29) is 5.91 Å². The van der Waals surface area contributed by atoms with Gasteiger partial charge in [0.25, 0.3) is 5.91 Å². The van der Waals surface area contributed by atoms with Gasteiger partial charge < -0.3 is 15.1 Å². The molecule has 0 unspecified atom stereocenters. The Hall–Kier alpha value is -3.11. The van der Waals surface area contributed by atoms with Gasteiger partial charge in [0.15, 0.2) is 0 Å². The molecule has 1 heterocycles. The number of nitrogens with one attached hydrogen (secondary N) is 2. The second kappa shape index (κ2) is 9.14. The van der Waals surface area contributed by atoms with Crippen molar-refractivity contribution in [2.75, 3.05) is 36.4 Å². The second-order valence-corrected chi connectivity index (χ2v) is 8.15. The highest BCUT2D eigenvalue weighted by Gasteiger charge is 2.21. The molecule has 0 spiro atoms. The summed E-state index contributed by atoms with van der Waals surface area (Å²) < 4.78 is 0. The summed E-state index contributed by atoms with van der Waals surface area (Å²) in [5.74, 6) is -0.0674. The molecular formula is C26H30N3O+. The first-order valence-corrected chi connectivity index (χ1v) is 10.7. The van der Waals surface area contributed by atoms with Crippen LogP contribution in [0.25, 0.3) is 0 Å². The minimum absolute atomic E-state index is 0.0674. The van der Waals surface area contributed by atoms with Gasteiger partial charge in [0, 0.05) is 22.5 Å². The maximum atomic E-state index is 12.4. The summed E-state index contributed by atoms with van der Waals surface area (Å²) in [6.45, 7) is 9.83. The van der Waals surface area contributed by atoms with Gasteiger partial charge in [0.2, 0.25) is 0 Å². The molecule has 154 valence electrons. The van der Waals surface area contributed by atoms with Gasteiger partial charge in [-0.1, -0.05) is 42.5 Å². The first kappa shape index (κ1) is 20.2. The number of hydrogen-bond acceptors (Lipinski definition) is 2. The van der Waals surface area contributed by atoms with Crippen molar-refractivity contribution in [3.63, 3.8) is 0 Å². The predicted octanol–water partition coefficient (Wildman–Crippen LogP) is 3.46. The van der Waals surface area contributed by atoms with Gasteiger partial charge in [-0.25, -0.2) is 0 Å². The zero-order valence-corrected chi connectivity index (χ0v) is 17.8. The van der Waals surface area contributed by atoms with Gasteiger partial charge in [0.05, 0.1) is 26.2 Å². The van der Waals surface area contributed by atoms with Crippen molar-refractivity contribution in [3.8, 4) is 0 Å². The SMILES string of the molecule is Cc1cccc(N2CC[NH+](Cc3ccc(C(=O)Nc4ccccc4)cc3)CC2)c1C. The maximum absolute atomic E-state index is 12.4. The van der Waals surface area contributed by atoms with E-state index in [2.05, 4.69) is 54.4 Å². The Morgan fingerprint density at radius 2 is 1.60 bits per heavy atom. The highest BCUT2D eigenvalue weighted by molar-refractivity contribution is 6.04. The van der Waals surface area contributed by atoms with E-state index in [1.165, 1.54) is 22.4 Å². The molecule has 0 atom stereocenters. The van der Waals surface area contributed by atoms with Crippen molar-refractivity contribution in [2.45, 2.75) is 20.4 Å². The molecular weight excluding hydrogens is 370 g/mol. The van der Waals surface area contributed by atoms with E-state index in [0.717, 1.165) is 38.4 Å². The molecule has 3 aromatic carbocycles. The van der Waals surface area contributed by atoms with Gasteiger partial charge in [-0.2, -0.15) is 0 Å². The number of benzene rings is 3. The molecule has 1 aliphatic heterocycles. The monoisotopic (exact) mass is 400 g/mol. The fourth-order valence-corrected chi connectivity index (χ4v) is 4.11. The van der Waals surface area contributed by atoms with Crippen molar-refractivity contribution in [3.05, 3.63) is 95.1 Å².